The van der Waals surface area contributed by atoms with Crippen molar-refractivity contribution in [1.82, 2.24) is 5.32 Å². The fourth-order valence-electron chi connectivity index (χ4n) is 3.09. The normalized spacial score (nSPS) is 12.3. The number of nitrogens with one attached hydrogen (secondary N) is 1. The van der Waals surface area contributed by atoms with E-state index in [0.29, 0.717) is 6.04 Å². The van der Waals surface area contributed by atoms with Crippen molar-refractivity contribution in [1.29, 1.82) is 0 Å². The Bertz CT molecular complexity index is 401. The molecular formula is C23H41NO. The lowest BCUT2D eigenvalue weighted by Crippen LogP contribution is -2.19. The summed E-state index contributed by atoms with van der Waals surface area (Å²) < 4.78 is 5.85. The molecule has 0 saturated heterocycles. The summed E-state index contributed by atoms with van der Waals surface area (Å²) in [6.45, 7) is 8.73. The highest BCUT2D eigenvalue weighted by Gasteiger charge is 2.04. The van der Waals surface area contributed by atoms with Gasteiger partial charge in [0.2, 0.25) is 0 Å². The molecule has 25 heavy (non-hydrogen) atoms. The molecule has 0 aliphatic heterocycles. The molecule has 0 aromatic heterocycles. The first-order chi connectivity index (χ1) is 12.3. The summed E-state index contributed by atoms with van der Waals surface area (Å²) in [7, 11) is 0. The molecule has 1 rings (SSSR count). The van der Waals surface area contributed by atoms with E-state index in [4.69, 9.17) is 4.74 Å². The standard InChI is InChI=1S/C23H41NO/c1-4-6-8-10-11-13-19-24-21(3)22-15-17-23(18-16-22)25-20-14-12-9-7-5-2/h15-18,21,24H,4-14,19-20H2,1-3H3. The van der Waals surface area contributed by atoms with Gasteiger partial charge in [0.1, 0.15) is 5.75 Å². The topological polar surface area (TPSA) is 21.3 Å². The molecule has 0 bridgehead atoms. The minimum atomic E-state index is 0.415. The third-order valence-corrected chi connectivity index (χ3v) is 4.88. The van der Waals surface area contributed by atoms with E-state index in [-0.39, 0.29) is 0 Å². The second-order valence-electron chi connectivity index (χ2n) is 7.28. The molecule has 144 valence electrons. The van der Waals surface area contributed by atoms with Crippen LogP contribution in [0.3, 0.4) is 0 Å². The second kappa shape index (κ2) is 15.3. The highest BCUT2D eigenvalue weighted by atomic mass is 16.5. The molecule has 2 nitrogen and oxygen atoms in total. The Labute approximate surface area is 156 Å². The Hall–Kier alpha value is -1.02. The van der Waals surface area contributed by atoms with Gasteiger partial charge in [0.05, 0.1) is 6.61 Å². The Morgan fingerprint density at radius 2 is 1.32 bits per heavy atom. The molecule has 0 heterocycles. The number of hydrogen-bond acceptors (Lipinski definition) is 2. The quantitative estimate of drug-likeness (QED) is 0.324. The van der Waals surface area contributed by atoms with E-state index in [9.17, 15) is 0 Å². The highest BCUT2D eigenvalue weighted by molar-refractivity contribution is 5.28. The van der Waals surface area contributed by atoms with Crippen LogP contribution in [0.15, 0.2) is 24.3 Å². The van der Waals surface area contributed by atoms with Gasteiger partial charge in [0, 0.05) is 6.04 Å². The molecule has 2 heteroatoms. The van der Waals surface area contributed by atoms with Crippen LogP contribution >= 0.6 is 0 Å². The maximum absolute atomic E-state index is 5.85. The summed E-state index contributed by atoms with van der Waals surface area (Å²) in [6.07, 6.45) is 14.6. The monoisotopic (exact) mass is 347 g/mol. The van der Waals surface area contributed by atoms with Crippen LogP contribution < -0.4 is 10.1 Å². The van der Waals surface area contributed by atoms with Crippen LogP contribution in [0.1, 0.15) is 103 Å². The molecule has 1 N–H and O–H groups in total. The summed E-state index contributed by atoms with van der Waals surface area (Å²) in [5.74, 6) is 1.00. The molecule has 0 spiro atoms. The zero-order valence-corrected chi connectivity index (χ0v) is 17.0. The Kier molecular flexibility index (Phi) is 13.4. The average molecular weight is 348 g/mol. The van der Waals surface area contributed by atoms with E-state index >= 15 is 0 Å². The van der Waals surface area contributed by atoms with Crippen LogP contribution in [0, 0.1) is 0 Å². The third kappa shape index (κ3) is 11.3. The van der Waals surface area contributed by atoms with Crippen LogP contribution in [-0.2, 0) is 0 Å². The van der Waals surface area contributed by atoms with Crippen molar-refractivity contribution < 1.29 is 4.74 Å². The van der Waals surface area contributed by atoms with Gasteiger partial charge in [-0.05, 0) is 44.0 Å². The SMILES string of the molecule is CCCCCCCCNC(C)c1ccc(OCCCCCCC)cc1. The lowest BCUT2D eigenvalue weighted by molar-refractivity contribution is 0.304. The van der Waals surface area contributed by atoms with Gasteiger partial charge in [-0.2, -0.15) is 0 Å². The number of unbranched alkanes of at least 4 members (excludes halogenated alkanes) is 9. The van der Waals surface area contributed by atoms with E-state index in [1.54, 1.807) is 0 Å². The molecule has 0 amide bonds. The van der Waals surface area contributed by atoms with E-state index < -0.39 is 0 Å². The van der Waals surface area contributed by atoms with E-state index in [1.165, 1.54) is 69.8 Å². The van der Waals surface area contributed by atoms with Gasteiger partial charge in [-0.25, -0.2) is 0 Å². The van der Waals surface area contributed by atoms with E-state index in [0.717, 1.165) is 25.3 Å². The van der Waals surface area contributed by atoms with E-state index in [2.05, 4.69) is 50.4 Å². The van der Waals surface area contributed by atoms with Gasteiger partial charge in [-0.3, -0.25) is 0 Å². The minimum absolute atomic E-state index is 0.415. The lowest BCUT2D eigenvalue weighted by Gasteiger charge is -2.15. The van der Waals surface area contributed by atoms with Crippen molar-refractivity contribution in [3.63, 3.8) is 0 Å². The zero-order chi connectivity index (χ0) is 18.2. The molecule has 1 aromatic rings. The molecule has 1 atom stereocenters. The van der Waals surface area contributed by atoms with Crippen molar-refractivity contribution in [3.05, 3.63) is 29.8 Å². The average Bonchev–Trinajstić information content (AvgIpc) is 2.64. The van der Waals surface area contributed by atoms with Crippen molar-refractivity contribution in [2.45, 2.75) is 97.4 Å². The summed E-state index contributed by atoms with van der Waals surface area (Å²) in [4.78, 5) is 0. The summed E-state index contributed by atoms with van der Waals surface area (Å²) in [5.41, 5.74) is 1.35. The van der Waals surface area contributed by atoms with Crippen LogP contribution in [0.5, 0.6) is 5.75 Å². The molecule has 0 fully saturated rings. The smallest absolute Gasteiger partial charge is 0.119 e. The van der Waals surface area contributed by atoms with E-state index in [1.807, 2.05) is 0 Å². The van der Waals surface area contributed by atoms with Crippen LogP contribution in [-0.4, -0.2) is 13.2 Å². The zero-order valence-electron chi connectivity index (χ0n) is 17.0. The Morgan fingerprint density at radius 1 is 0.760 bits per heavy atom. The van der Waals surface area contributed by atoms with Gasteiger partial charge in [-0.15, -0.1) is 0 Å². The molecule has 1 unspecified atom stereocenters. The Morgan fingerprint density at radius 3 is 1.96 bits per heavy atom. The number of ether oxygens (including phenoxy) is 1. The first-order valence-electron chi connectivity index (χ1n) is 10.7. The van der Waals surface area contributed by atoms with Crippen molar-refractivity contribution in [3.8, 4) is 5.75 Å². The highest BCUT2D eigenvalue weighted by Crippen LogP contribution is 2.18. The maximum Gasteiger partial charge on any atom is 0.119 e. The van der Waals surface area contributed by atoms with Gasteiger partial charge in [0.15, 0.2) is 0 Å². The van der Waals surface area contributed by atoms with Crippen LogP contribution in [0.2, 0.25) is 0 Å². The third-order valence-electron chi connectivity index (χ3n) is 4.88. The first kappa shape index (κ1) is 22.0. The van der Waals surface area contributed by atoms with Crippen LogP contribution in [0.25, 0.3) is 0 Å². The summed E-state index contributed by atoms with van der Waals surface area (Å²) in [6, 6.07) is 9.05. The number of hydrogen-bond donors (Lipinski definition) is 1. The minimum Gasteiger partial charge on any atom is -0.494 e. The Balaban J connectivity index is 2.13. The predicted octanol–water partition coefficient (Wildman–Crippen LogP) is 7.05. The maximum atomic E-state index is 5.85. The second-order valence-corrected chi connectivity index (χ2v) is 7.28. The lowest BCUT2D eigenvalue weighted by atomic mass is 10.1. The molecule has 0 saturated carbocycles. The predicted molar refractivity (Wildman–Crippen MR) is 110 cm³/mol. The molecule has 0 aliphatic carbocycles. The van der Waals surface area contributed by atoms with Gasteiger partial charge < -0.3 is 10.1 Å². The fourth-order valence-corrected chi connectivity index (χ4v) is 3.09. The van der Waals surface area contributed by atoms with Crippen molar-refractivity contribution in [2.75, 3.05) is 13.2 Å². The largest absolute Gasteiger partial charge is 0.494 e. The fraction of sp³-hybridized carbons (Fsp3) is 0.739. The molecular weight excluding hydrogens is 306 g/mol. The summed E-state index contributed by atoms with van der Waals surface area (Å²) in [5, 5.41) is 3.64. The number of benzene rings is 1. The molecule has 0 radical (unpaired) electrons. The van der Waals surface area contributed by atoms with Crippen LogP contribution in [0.4, 0.5) is 0 Å². The van der Waals surface area contributed by atoms with Gasteiger partial charge in [0.25, 0.3) is 0 Å². The van der Waals surface area contributed by atoms with Crippen molar-refractivity contribution in [2.24, 2.45) is 0 Å². The van der Waals surface area contributed by atoms with Gasteiger partial charge in [-0.1, -0.05) is 83.8 Å². The molecule has 0 aliphatic rings. The van der Waals surface area contributed by atoms with Crippen molar-refractivity contribution >= 4 is 0 Å². The summed E-state index contributed by atoms with van der Waals surface area (Å²) >= 11 is 0. The first-order valence-corrected chi connectivity index (χ1v) is 10.7. The van der Waals surface area contributed by atoms with Gasteiger partial charge >= 0.3 is 0 Å². The number of rotatable bonds is 16. The molecule has 1 aromatic carbocycles.